The standard InChI is InChI=1S/C12H19O2P/c1-3-15(4-2)14-12(13)11-8-9-5-6-10(11)7-9/h5-6,9-11H,3-4,7-8H2,1-2H3. The molecule has 3 atom stereocenters. The largest absolute Gasteiger partial charge is 0.445 e. The molecule has 0 spiro atoms. The second-order valence-electron chi connectivity index (χ2n) is 4.41. The van der Waals surface area contributed by atoms with Gasteiger partial charge in [0.05, 0.1) is 14.1 Å². The van der Waals surface area contributed by atoms with Crippen molar-refractivity contribution in [1.82, 2.24) is 0 Å². The predicted molar refractivity (Wildman–Crippen MR) is 62.9 cm³/mol. The highest BCUT2D eigenvalue weighted by Gasteiger charge is 2.41. The van der Waals surface area contributed by atoms with Gasteiger partial charge < -0.3 is 4.52 Å². The number of allylic oxidation sites excluding steroid dienone is 2. The number of carbonyl (C=O) groups is 1. The minimum atomic E-state index is -0.495. The summed E-state index contributed by atoms with van der Waals surface area (Å²) in [4.78, 5) is 11.9. The van der Waals surface area contributed by atoms with Gasteiger partial charge in [-0.3, -0.25) is 4.79 Å². The highest BCUT2D eigenvalue weighted by molar-refractivity contribution is 7.53. The molecule has 1 fully saturated rings. The number of rotatable bonds is 4. The molecular weight excluding hydrogens is 207 g/mol. The Kier molecular flexibility index (Phi) is 3.45. The van der Waals surface area contributed by atoms with E-state index in [0.29, 0.717) is 11.8 Å². The van der Waals surface area contributed by atoms with E-state index in [1.54, 1.807) is 0 Å². The van der Waals surface area contributed by atoms with Gasteiger partial charge in [0.2, 0.25) is 0 Å². The molecular formula is C12H19O2P. The first-order chi connectivity index (χ1) is 7.24. The summed E-state index contributed by atoms with van der Waals surface area (Å²) in [7, 11) is -0.495. The molecule has 2 aliphatic rings. The first kappa shape index (κ1) is 11.1. The van der Waals surface area contributed by atoms with Crippen LogP contribution in [0.25, 0.3) is 0 Å². The van der Waals surface area contributed by atoms with E-state index >= 15 is 0 Å². The predicted octanol–water partition coefficient (Wildman–Crippen LogP) is 3.18. The van der Waals surface area contributed by atoms with Gasteiger partial charge in [0.25, 0.3) is 0 Å². The van der Waals surface area contributed by atoms with Crippen molar-refractivity contribution in [1.29, 1.82) is 0 Å². The molecule has 0 aromatic rings. The molecule has 84 valence electrons. The zero-order valence-corrected chi connectivity index (χ0v) is 10.4. The molecule has 0 heterocycles. The zero-order chi connectivity index (χ0) is 10.8. The summed E-state index contributed by atoms with van der Waals surface area (Å²) in [6.07, 6.45) is 8.66. The van der Waals surface area contributed by atoms with E-state index in [0.717, 1.165) is 18.7 Å². The number of carbonyl (C=O) groups excluding carboxylic acids is 1. The molecule has 0 aromatic carbocycles. The van der Waals surface area contributed by atoms with Gasteiger partial charge in [-0.25, -0.2) is 0 Å². The Morgan fingerprint density at radius 2 is 2.07 bits per heavy atom. The van der Waals surface area contributed by atoms with E-state index in [1.165, 1.54) is 6.42 Å². The summed E-state index contributed by atoms with van der Waals surface area (Å²) in [5.74, 6) is 1.37. The summed E-state index contributed by atoms with van der Waals surface area (Å²) in [5, 5.41) is 0. The topological polar surface area (TPSA) is 26.3 Å². The Hall–Kier alpha value is -0.360. The second-order valence-corrected chi connectivity index (χ2v) is 6.82. The number of hydrogen-bond donors (Lipinski definition) is 0. The number of hydrogen-bond acceptors (Lipinski definition) is 2. The van der Waals surface area contributed by atoms with Crippen LogP contribution in [0.2, 0.25) is 0 Å². The maximum absolute atomic E-state index is 11.9. The summed E-state index contributed by atoms with van der Waals surface area (Å²) >= 11 is 0. The maximum Gasteiger partial charge on any atom is 0.312 e. The SMILES string of the molecule is CCP(CC)OC(=O)C1CC2C=CC1C2. The average Bonchev–Trinajstić information content (AvgIpc) is 2.87. The Morgan fingerprint density at radius 3 is 2.53 bits per heavy atom. The first-order valence-electron chi connectivity index (χ1n) is 5.89. The molecule has 3 heteroatoms. The molecule has 0 aromatic heterocycles. The Labute approximate surface area is 92.9 Å². The van der Waals surface area contributed by atoms with Crippen molar-refractivity contribution in [3.05, 3.63) is 12.2 Å². The Morgan fingerprint density at radius 1 is 1.33 bits per heavy atom. The zero-order valence-electron chi connectivity index (χ0n) is 9.48. The molecule has 0 amide bonds. The first-order valence-corrected chi connectivity index (χ1v) is 7.52. The van der Waals surface area contributed by atoms with Crippen LogP contribution in [0.5, 0.6) is 0 Å². The van der Waals surface area contributed by atoms with E-state index in [2.05, 4.69) is 26.0 Å². The third-order valence-corrected chi connectivity index (χ3v) is 5.36. The van der Waals surface area contributed by atoms with Gasteiger partial charge in [-0.1, -0.05) is 26.0 Å². The normalized spacial score (nSPS) is 32.6. The molecule has 3 unspecified atom stereocenters. The highest BCUT2D eigenvalue weighted by Crippen LogP contribution is 2.46. The summed E-state index contributed by atoms with van der Waals surface area (Å²) in [6.45, 7) is 4.20. The lowest BCUT2D eigenvalue weighted by Gasteiger charge is -2.20. The fourth-order valence-electron chi connectivity index (χ4n) is 2.60. The third-order valence-electron chi connectivity index (χ3n) is 3.51. The molecule has 0 N–H and O–H groups in total. The Bertz CT molecular complexity index is 271. The van der Waals surface area contributed by atoms with Gasteiger partial charge in [0.15, 0.2) is 0 Å². The van der Waals surface area contributed by atoms with E-state index < -0.39 is 8.15 Å². The van der Waals surface area contributed by atoms with Gasteiger partial charge >= 0.3 is 5.97 Å². The van der Waals surface area contributed by atoms with Gasteiger partial charge in [-0.2, -0.15) is 0 Å². The lowest BCUT2D eigenvalue weighted by Crippen LogP contribution is -2.20. The van der Waals surface area contributed by atoms with Crippen LogP contribution >= 0.6 is 8.15 Å². The monoisotopic (exact) mass is 226 g/mol. The fourth-order valence-corrected chi connectivity index (χ4v) is 3.69. The van der Waals surface area contributed by atoms with Crippen molar-refractivity contribution in [2.24, 2.45) is 17.8 Å². The van der Waals surface area contributed by atoms with Crippen LogP contribution in [0.3, 0.4) is 0 Å². The molecule has 0 radical (unpaired) electrons. The van der Waals surface area contributed by atoms with Crippen LogP contribution in [0.1, 0.15) is 26.7 Å². The van der Waals surface area contributed by atoms with Crippen LogP contribution in [0, 0.1) is 17.8 Å². The van der Waals surface area contributed by atoms with Crippen molar-refractivity contribution in [3.8, 4) is 0 Å². The second kappa shape index (κ2) is 4.65. The quantitative estimate of drug-likeness (QED) is 0.543. The molecule has 2 bridgehead atoms. The van der Waals surface area contributed by atoms with Crippen molar-refractivity contribution in [2.75, 3.05) is 12.3 Å². The van der Waals surface area contributed by atoms with E-state index in [4.69, 9.17) is 4.52 Å². The molecule has 0 saturated heterocycles. The van der Waals surface area contributed by atoms with Gasteiger partial charge in [0, 0.05) is 12.3 Å². The summed E-state index contributed by atoms with van der Waals surface area (Å²) in [6, 6.07) is 0. The maximum atomic E-state index is 11.9. The fraction of sp³-hybridized carbons (Fsp3) is 0.750. The van der Waals surface area contributed by atoms with Gasteiger partial charge in [-0.05, 0) is 24.7 Å². The summed E-state index contributed by atoms with van der Waals surface area (Å²) < 4.78 is 5.58. The minimum absolute atomic E-state index is 0.0710. The van der Waals surface area contributed by atoms with Crippen molar-refractivity contribution in [3.63, 3.8) is 0 Å². The molecule has 15 heavy (non-hydrogen) atoms. The van der Waals surface area contributed by atoms with Crippen LogP contribution in [0.4, 0.5) is 0 Å². The minimum Gasteiger partial charge on any atom is -0.445 e. The highest BCUT2D eigenvalue weighted by atomic mass is 31.1. The van der Waals surface area contributed by atoms with Crippen molar-refractivity contribution >= 4 is 14.1 Å². The van der Waals surface area contributed by atoms with Crippen LogP contribution in [0.15, 0.2) is 12.2 Å². The van der Waals surface area contributed by atoms with Crippen LogP contribution in [-0.2, 0) is 9.32 Å². The van der Waals surface area contributed by atoms with E-state index in [-0.39, 0.29) is 11.9 Å². The van der Waals surface area contributed by atoms with Crippen molar-refractivity contribution in [2.45, 2.75) is 26.7 Å². The van der Waals surface area contributed by atoms with Gasteiger partial charge in [0.1, 0.15) is 0 Å². The molecule has 2 nitrogen and oxygen atoms in total. The third kappa shape index (κ3) is 2.25. The smallest absolute Gasteiger partial charge is 0.312 e. The van der Waals surface area contributed by atoms with E-state index in [9.17, 15) is 4.79 Å². The van der Waals surface area contributed by atoms with Crippen molar-refractivity contribution < 1.29 is 9.32 Å². The molecule has 2 aliphatic carbocycles. The van der Waals surface area contributed by atoms with Crippen LogP contribution < -0.4 is 0 Å². The molecule has 1 saturated carbocycles. The molecule has 2 rings (SSSR count). The lowest BCUT2D eigenvalue weighted by molar-refractivity contribution is -0.139. The molecule has 0 aliphatic heterocycles. The number of fused-ring (bicyclic) bond motifs is 2. The van der Waals surface area contributed by atoms with E-state index in [1.807, 2.05) is 0 Å². The lowest BCUT2D eigenvalue weighted by atomic mass is 9.94. The summed E-state index contributed by atoms with van der Waals surface area (Å²) in [5.41, 5.74) is 0. The average molecular weight is 226 g/mol. The Balaban J connectivity index is 1.89. The van der Waals surface area contributed by atoms with Crippen LogP contribution in [-0.4, -0.2) is 18.3 Å². The van der Waals surface area contributed by atoms with Gasteiger partial charge in [-0.15, -0.1) is 0 Å².